The zero-order valence-corrected chi connectivity index (χ0v) is 22.8. The van der Waals surface area contributed by atoms with Crippen LogP contribution in [0.25, 0.3) is 0 Å². The Hall–Kier alpha value is -0.300. The van der Waals surface area contributed by atoms with Gasteiger partial charge in [0.2, 0.25) is 0 Å². The van der Waals surface area contributed by atoms with Crippen LogP contribution in [0.15, 0.2) is 17.1 Å². The molecular weight excluding hydrogens is 517 g/mol. The first-order chi connectivity index (χ1) is 14.1. The zero-order chi connectivity index (χ0) is 23.6. The summed E-state index contributed by atoms with van der Waals surface area (Å²) in [5.74, 6) is -0.0793. The van der Waals surface area contributed by atoms with E-state index in [0.29, 0.717) is 4.48 Å². The smallest absolute Gasteiger partial charge is 0.756 e. The molecule has 1 aliphatic heterocycles. The molecule has 1 saturated heterocycles. The third kappa shape index (κ3) is 10.8. The Labute approximate surface area is 216 Å². The Balaban J connectivity index is 0. The molecule has 2 heterocycles. The van der Waals surface area contributed by atoms with E-state index in [-0.39, 0.29) is 59.5 Å². The molecule has 8 N–H and O–H groups in total. The molecule has 1 aliphatic rings. The predicted molar refractivity (Wildman–Crippen MR) is 107 cm³/mol. The number of hydrogen-bond acceptors (Lipinski definition) is 13. The van der Waals surface area contributed by atoms with Crippen molar-refractivity contribution in [3.05, 3.63) is 22.7 Å². The Kier molecular flexibility index (Phi) is 14.6. The number of hydrogen-bond donors (Lipinski definition) is 3. The molecule has 6 atom stereocenters. The van der Waals surface area contributed by atoms with Crippen LogP contribution in [0.5, 0.6) is 0 Å². The molecule has 194 valence electrons. The Bertz CT molecular complexity index is 930. The number of rotatable bonds is 10. The number of aromatic nitrogens is 2. The van der Waals surface area contributed by atoms with Crippen LogP contribution in [0.3, 0.4) is 0 Å². The van der Waals surface area contributed by atoms with E-state index in [1.165, 1.54) is 6.07 Å². The normalized spacial score (nSPS) is 25.7. The second kappa shape index (κ2) is 13.9. The predicted octanol–water partition coefficient (Wildman–Crippen LogP) is -7.51. The van der Waals surface area contributed by atoms with Crippen molar-refractivity contribution in [3.8, 4) is 0 Å². The van der Waals surface area contributed by atoms with Crippen LogP contribution >= 0.6 is 15.6 Å². The van der Waals surface area contributed by atoms with E-state index >= 15 is 0 Å². The van der Waals surface area contributed by atoms with Crippen LogP contribution < -0.4 is 50.8 Å². The standard InChI is InChI=1S/C14H26N4O11P2.Na.2H2O/c1-18(2,3)6-7-26-30(22,23)29-31(24,25)27-8-9-11(19)12(20)13(28-9)17-5-4-10(15)16-14(17)21;;;/h4-5,9,11-13,19-20H,6-8H2,1-3H3,(H3-,15,16,21,22,23,24,25);;2*1H2/q;+1;;/p-1/t9-,11-,12-,13-;;;/m1.../s1. The average molecular weight is 546 g/mol. The summed E-state index contributed by atoms with van der Waals surface area (Å²) in [5.41, 5.74) is 4.50. The fourth-order valence-electron chi connectivity index (χ4n) is 2.48. The van der Waals surface area contributed by atoms with Gasteiger partial charge in [0.15, 0.2) is 6.23 Å². The first-order valence-corrected chi connectivity index (χ1v) is 11.8. The minimum atomic E-state index is -5.43. The van der Waals surface area contributed by atoms with E-state index in [1.807, 2.05) is 0 Å². The number of ether oxygens (including phenoxy) is 1. The van der Waals surface area contributed by atoms with Gasteiger partial charge in [-0.3, -0.25) is 13.7 Å². The monoisotopic (exact) mass is 546 g/mol. The first kappa shape index (κ1) is 35.9. The van der Waals surface area contributed by atoms with Crippen LogP contribution in [0.4, 0.5) is 5.82 Å². The topological polar surface area (TPSA) is 282 Å². The number of nitrogen functional groups attached to an aromatic ring is 1. The van der Waals surface area contributed by atoms with Gasteiger partial charge in [-0.15, -0.1) is 0 Å². The number of aliphatic hydroxyl groups excluding tert-OH is 2. The maximum Gasteiger partial charge on any atom is 1.00 e. The number of phosphoric ester groups is 2. The van der Waals surface area contributed by atoms with E-state index in [9.17, 15) is 33.9 Å². The van der Waals surface area contributed by atoms with Crippen LogP contribution in [0.1, 0.15) is 6.23 Å². The van der Waals surface area contributed by atoms with Crippen LogP contribution in [-0.2, 0) is 27.2 Å². The number of quaternary nitrogens is 1. The molecule has 1 aromatic heterocycles. The molecule has 34 heavy (non-hydrogen) atoms. The zero-order valence-electron chi connectivity index (χ0n) is 19.0. The van der Waals surface area contributed by atoms with Gasteiger partial charge in [-0.05, 0) is 6.07 Å². The first-order valence-electron chi connectivity index (χ1n) is 8.89. The summed E-state index contributed by atoms with van der Waals surface area (Å²) in [5, 5.41) is 20.2. The molecule has 0 aliphatic carbocycles. The fraction of sp³-hybridized carbons (Fsp3) is 0.714. The summed E-state index contributed by atoms with van der Waals surface area (Å²) in [6.07, 6.45) is -5.01. The van der Waals surface area contributed by atoms with Crippen molar-refractivity contribution in [2.24, 2.45) is 0 Å². The Morgan fingerprint density at radius 2 is 1.74 bits per heavy atom. The molecule has 20 heteroatoms. The average Bonchev–Trinajstić information content (AvgIpc) is 2.86. The quantitative estimate of drug-likeness (QED) is 0.140. The summed E-state index contributed by atoms with van der Waals surface area (Å²) in [7, 11) is -5.36. The molecular formula is C14H29N4NaO13P2. The summed E-state index contributed by atoms with van der Waals surface area (Å²) in [6, 6.07) is 1.25. The minimum Gasteiger partial charge on any atom is -0.756 e. The van der Waals surface area contributed by atoms with Gasteiger partial charge >= 0.3 is 35.2 Å². The van der Waals surface area contributed by atoms with E-state index in [0.717, 1.165) is 10.8 Å². The molecule has 2 rings (SSSR count). The van der Waals surface area contributed by atoms with Gasteiger partial charge < -0.3 is 55.0 Å². The van der Waals surface area contributed by atoms with Crippen molar-refractivity contribution in [1.29, 1.82) is 0 Å². The second-order valence-electron chi connectivity index (χ2n) is 7.71. The van der Waals surface area contributed by atoms with Gasteiger partial charge in [0, 0.05) is 6.20 Å². The SMILES string of the molecule is C[N+](C)(C)CCOP(=O)([O-])OP(=O)([O-])OC[C@H]1O[C@@H](n2ccc(N)nc2=O)[C@H](O)[C@@H]1O.O.O.[Na+]. The van der Waals surface area contributed by atoms with E-state index in [2.05, 4.69) is 18.3 Å². The summed E-state index contributed by atoms with van der Waals surface area (Å²) in [4.78, 5) is 38.9. The van der Waals surface area contributed by atoms with Crippen molar-refractivity contribution in [1.82, 2.24) is 9.55 Å². The van der Waals surface area contributed by atoms with Gasteiger partial charge in [0.1, 0.15) is 37.3 Å². The number of phosphoric acid groups is 2. The maximum absolute atomic E-state index is 11.9. The number of anilines is 1. The molecule has 0 amide bonds. The van der Waals surface area contributed by atoms with E-state index in [4.69, 9.17) is 10.5 Å². The van der Waals surface area contributed by atoms with Crippen LogP contribution in [0.2, 0.25) is 0 Å². The third-order valence-electron chi connectivity index (χ3n) is 4.07. The second-order valence-corrected chi connectivity index (χ2v) is 10.7. The van der Waals surface area contributed by atoms with Crippen molar-refractivity contribution in [3.63, 3.8) is 0 Å². The van der Waals surface area contributed by atoms with E-state index < -0.39 is 52.5 Å². The number of nitrogens with two attached hydrogens (primary N) is 1. The molecule has 2 unspecified atom stereocenters. The van der Waals surface area contributed by atoms with Gasteiger partial charge in [-0.2, -0.15) is 4.98 Å². The van der Waals surface area contributed by atoms with E-state index in [1.54, 1.807) is 21.1 Å². The molecule has 17 nitrogen and oxygen atoms in total. The molecule has 0 radical (unpaired) electrons. The summed E-state index contributed by atoms with van der Waals surface area (Å²) in [6.45, 7) is -0.987. The van der Waals surface area contributed by atoms with Crippen molar-refractivity contribution in [2.45, 2.75) is 24.5 Å². The Morgan fingerprint density at radius 3 is 2.26 bits per heavy atom. The number of aliphatic hydroxyl groups is 2. The molecule has 0 aromatic carbocycles. The summed E-state index contributed by atoms with van der Waals surface area (Å²) < 4.78 is 42.9. The minimum absolute atomic E-state index is 0. The maximum atomic E-state index is 11.9. The van der Waals surface area contributed by atoms with Gasteiger partial charge in [0.25, 0.3) is 15.6 Å². The van der Waals surface area contributed by atoms with Crippen LogP contribution in [-0.4, -0.2) is 94.4 Å². The van der Waals surface area contributed by atoms with Crippen LogP contribution in [0, 0.1) is 0 Å². The van der Waals surface area contributed by atoms with Crippen molar-refractivity contribution < 1.29 is 92.2 Å². The molecule has 1 aromatic rings. The Morgan fingerprint density at radius 1 is 1.18 bits per heavy atom. The molecule has 0 saturated carbocycles. The molecule has 1 fully saturated rings. The van der Waals surface area contributed by atoms with Gasteiger partial charge in [-0.25, -0.2) is 9.11 Å². The van der Waals surface area contributed by atoms with Crippen molar-refractivity contribution >= 4 is 21.5 Å². The summed E-state index contributed by atoms with van der Waals surface area (Å²) >= 11 is 0. The number of likely N-dealkylation sites (N-methyl/N-ethyl adjacent to an activating group) is 1. The molecule has 0 spiro atoms. The third-order valence-corrected chi connectivity index (χ3v) is 6.64. The number of nitrogens with zero attached hydrogens (tertiary/aromatic N) is 3. The molecule has 0 bridgehead atoms. The van der Waals surface area contributed by atoms with Gasteiger partial charge in [-0.1, -0.05) is 0 Å². The largest absolute Gasteiger partial charge is 1.00 e. The van der Waals surface area contributed by atoms with Crippen molar-refractivity contribution in [2.75, 3.05) is 46.6 Å². The fourth-order valence-corrected chi connectivity index (χ4v) is 4.47. The van der Waals surface area contributed by atoms with Gasteiger partial charge in [0.05, 0.1) is 27.7 Å².